The number of hydrogen-bond acceptors (Lipinski definition) is 5. The van der Waals surface area contributed by atoms with Crippen LogP contribution in [0.3, 0.4) is 0 Å². The summed E-state index contributed by atoms with van der Waals surface area (Å²) >= 11 is 0. The Labute approximate surface area is 136 Å². The van der Waals surface area contributed by atoms with Gasteiger partial charge in [-0.3, -0.25) is 4.98 Å². The van der Waals surface area contributed by atoms with Crippen LogP contribution in [0.1, 0.15) is 12.5 Å². The highest BCUT2D eigenvalue weighted by molar-refractivity contribution is 5.71. The van der Waals surface area contributed by atoms with Crippen LogP contribution in [-0.2, 0) is 6.54 Å². The van der Waals surface area contributed by atoms with Crippen LogP contribution in [0.4, 0.5) is 11.5 Å². The third-order valence-electron chi connectivity index (χ3n) is 3.85. The lowest BCUT2D eigenvalue weighted by atomic mass is 10.2. The number of benzene rings is 1. The van der Waals surface area contributed by atoms with Crippen molar-refractivity contribution in [1.29, 1.82) is 0 Å². The maximum absolute atomic E-state index is 4.63. The molecule has 0 aliphatic carbocycles. The van der Waals surface area contributed by atoms with Gasteiger partial charge in [-0.1, -0.05) is 12.1 Å². The molecule has 0 radical (unpaired) electrons. The van der Waals surface area contributed by atoms with Crippen LogP contribution in [-0.4, -0.2) is 35.6 Å². The van der Waals surface area contributed by atoms with E-state index in [9.17, 15) is 0 Å². The van der Waals surface area contributed by atoms with Gasteiger partial charge in [0.2, 0.25) is 0 Å². The smallest absolute Gasteiger partial charge is 0.180 e. The number of rotatable bonds is 5. The van der Waals surface area contributed by atoms with Crippen molar-refractivity contribution in [2.75, 3.05) is 30.4 Å². The zero-order chi connectivity index (χ0) is 16.2. The Morgan fingerprint density at radius 2 is 1.65 bits per heavy atom. The maximum Gasteiger partial charge on any atom is 0.180 e. The second-order valence-electron chi connectivity index (χ2n) is 5.64. The van der Waals surface area contributed by atoms with Crippen LogP contribution < -0.4 is 9.80 Å². The van der Waals surface area contributed by atoms with E-state index in [2.05, 4.69) is 55.9 Å². The monoisotopic (exact) mass is 307 g/mol. The molecule has 2 heterocycles. The largest absolute Gasteiger partial charge is 0.378 e. The van der Waals surface area contributed by atoms with Crippen LogP contribution in [0.15, 0.2) is 48.8 Å². The Balaban J connectivity index is 1.83. The van der Waals surface area contributed by atoms with Gasteiger partial charge in [0.15, 0.2) is 5.65 Å². The average Bonchev–Trinajstić information content (AvgIpc) is 2.59. The second kappa shape index (κ2) is 6.60. The third kappa shape index (κ3) is 3.39. The molecule has 5 heteroatoms. The van der Waals surface area contributed by atoms with Gasteiger partial charge in [0.1, 0.15) is 11.3 Å². The normalized spacial score (nSPS) is 10.7. The first-order valence-electron chi connectivity index (χ1n) is 7.76. The molecule has 5 nitrogen and oxygen atoms in total. The van der Waals surface area contributed by atoms with E-state index in [4.69, 9.17) is 0 Å². The Morgan fingerprint density at radius 3 is 2.35 bits per heavy atom. The lowest BCUT2D eigenvalue weighted by Gasteiger charge is -2.22. The van der Waals surface area contributed by atoms with Crippen molar-refractivity contribution < 1.29 is 0 Å². The predicted molar refractivity (Wildman–Crippen MR) is 94.8 cm³/mol. The van der Waals surface area contributed by atoms with E-state index >= 15 is 0 Å². The summed E-state index contributed by atoms with van der Waals surface area (Å²) in [5.74, 6) is 0.928. The van der Waals surface area contributed by atoms with Gasteiger partial charge in [-0.25, -0.2) is 9.97 Å². The Hall–Kier alpha value is -2.69. The van der Waals surface area contributed by atoms with Crippen molar-refractivity contribution in [1.82, 2.24) is 15.0 Å². The fraction of sp³-hybridized carbons (Fsp3) is 0.278. The van der Waals surface area contributed by atoms with Crippen molar-refractivity contribution in [3.8, 4) is 0 Å². The Kier molecular flexibility index (Phi) is 4.37. The van der Waals surface area contributed by atoms with Crippen LogP contribution in [0.5, 0.6) is 0 Å². The fourth-order valence-electron chi connectivity index (χ4n) is 2.50. The lowest BCUT2D eigenvalue weighted by Crippen LogP contribution is -2.23. The molecule has 0 bridgehead atoms. The number of fused-ring (bicyclic) bond motifs is 1. The van der Waals surface area contributed by atoms with Crippen LogP contribution in [0.2, 0.25) is 0 Å². The summed E-state index contributed by atoms with van der Waals surface area (Å²) < 4.78 is 0. The molecule has 0 unspecified atom stereocenters. The maximum atomic E-state index is 4.63. The standard InChI is InChI=1S/C18H21N5/c1-4-23(13-14-5-7-15(8-6-14)22(2)3)17-10-9-16-18(21-17)20-12-11-19-16/h5-12H,4,13H2,1-3H3. The molecule has 0 spiro atoms. The van der Waals surface area contributed by atoms with E-state index < -0.39 is 0 Å². The molecule has 0 saturated carbocycles. The highest BCUT2D eigenvalue weighted by Crippen LogP contribution is 2.19. The first-order valence-corrected chi connectivity index (χ1v) is 7.76. The molecule has 0 fully saturated rings. The molecule has 0 N–H and O–H groups in total. The molecular weight excluding hydrogens is 286 g/mol. The number of aromatic nitrogens is 3. The van der Waals surface area contributed by atoms with Gasteiger partial charge in [0.05, 0.1) is 0 Å². The number of pyridine rings is 1. The van der Waals surface area contributed by atoms with Crippen molar-refractivity contribution >= 4 is 22.7 Å². The molecule has 1 aromatic carbocycles. The summed E-state index contributed by atoms with van der Waals surface area (Å²) in [6.45, 7) is 3.84. The molecule has 0 aliphatic rings. The summed E-state index contributed by atoms with van der Waals surface area (Å²) in [5.41, 5.74) is 3.98. The molecule has 3 aromatic rings. The summed E-state index contributed by atoms with van der Waals surface area (Å²) in [7, 11) is 4.10. The zero-order valence-corrected chi connectivity index (χ0v) is 13.8. The summed E-state index contributed by atoms with van der Waals surface area (Å²) in [6, 6.07) is 12.6. The van der Waals surface area contributed by atoms with E-state index in [1.807, 2.05) is 26.2 Å². The topological polar surface area (TPSA) is 45.2 Å². The quantitative estimate of drug-likeness (QED) is 0.724. The zero-order valence-electron chi connectivity index (χ0n) is 13.8. The van der Waals surface area contributed by atoms with Crippen LogP contribution in [0, 0.1) is 0 Å². The minimum Gasteiger partial charge on any atom is -0.378 e. The van der Waals surface area contributed by atoms with Crippen LogP contribution in [0.25, 0.3) is 11.2 Å². The first-order chi connectivity index (χ1) is 11.2. The molecule has 0 amide bonds. The molecule has 0 saturated heterocycles. The van der Waals surface area contributed by atoms with E-state index in [1.54, 1.807) is 12.4 Å². The van der Waals surface area contributed by atoms with E-state index in [0.29, 0.717) is 5.65 Å². The molecular formula is C18H21N5. The molecule has 0 aliphatic heterocycles. The molecule has 3 rings (SSSR count). The predicted octanol–water partition coefficient (Wildman–Crippen LogP) is 3.12. The van der Waals surface area contributed by atoms with E-state index in [0.717, 1.165) is 24.4 Å². The van der Waals surface area contributed by atoms with Gasteiger partial charge >= 0.3 is 0 Å². The van der Waals surface area contributed by atoms with E-state index in [-0.39, 0.29) is 0 Å². The fourth-order valence-corrected chi connectivity index (χ4v) is 2.50. The molecule has 2 aromatic heterocycles. The van der Waals surface area contributed by atoms with Gasteiger partial charge in [-0.2, -0.15) is 0 Å². The Bertz CT molecular complexity index is 783. The minimum absolute atomic E-state index is 0.686. The first kappa shape index (κ1) is 15.2. The minimum atomic E-state index is 0.686. The third-order valence-corrected chi connectivity index (χ3v) is 3.85. The number of anilines is 2. The van der Waals surface area contributed by atoms with Crippen molar-refractivity contribution in [2.24, 2.45) is 0 Å². The van der Waals surface area contributed by atoms with Gasteiger partial charge in [0, 0.05) is 45.3 Å². The van der Waals surface area contributed by atoms with Crippen molar-refractivity contribution in [3.63, 3.8) is 0 Å². The number of hydrogen-bond donors (Lipinski definition) is 0. The SMILES string of the molecule is CCN(Cc1ccc(N(C)C)cc1)c1ccc2nccnc2n1. The Morgan fingerprint density at radius 1 is 0.913 bits per heavy atom. The molecule has 0 atom stereocenters. The van der Waals surface area contributed by atoms with Crippen molar-refractivity contribution in [2.45, 2.75) is 13.5 Å². The second-order valence-corrected chi connectivity index (χ2v) is 5.64. The van der Waals surface area contributed by atoms with Gasteiger partial charge in [-0.05, 0) is 36.8 Å². The average molecular weight is 307 g/mol. The van der Waals surface area contributed by atoms with Gasteiger partial charge < -0.3 is 9.80 Å². The highest BCUT2D eigenvalue weighted by atomic mass is 15.2. The van der Waals surface area contributed by atoms with E-state index in [1.165, 1.54) is 11.3 Å². The molecule has 23 heavy (non-hydrogen) atoms. The lowest BCUT2D eigenvalue weighted by molar-refractivity contribution is 0.815. The summed E-state index contributed by atoms with van der Waals surface area (Å²) in [5, 5.41) is 0. The van der Waals surface area contributed by atoms with Crippen LogP contribution >= 0.6 is 0 Å². The number of nitrogens with zero attached hydrogens (tertiary/aromatic N) is 5. The van der Waals surface area contributed by atoms with Gasteiger partial charge in [-0.15, -0.1) is 0 Å². The summed E-state index contributed by atoms with van der Waals surface area (Å²) in [4.78, 5) is 17.5. The molecule has 118 valence electrons. The summed E-state index contributed by atoms with van der Waals surface area (Å²) in [6.07, 6.45) is 3.36. The van der Waals surface area contributed by atoms with Crippen molar-refractivity contribution in [3.05, 3.63) is 54.4 Å². The van der Waals surface area contributed by atoms with Gasteiger partial charge in [0.25, 0.3) is 0 Å². The highest BCUT2D eigenvalue weighted by Gasteiger charge is 2.09.